The van der Waals surface area contributed by atoms with Crippen LogP contribution in [0.2, 0.25) is 0 Å². The Kier molecular flexibility index (Phi) is 2.80. The second kappa shape index (κ2) is 4.13. The van der Waals surface area contributed by atoms with Gasteiger partial charge in [0.25, 0.3) is 0 Å². The molecule has 0 fully saturated rings. The molecule has 0 bridgehead atoms. The summed E-state index contributed by atoms with van der Waals surface area (Å²) < 4.78 is 0. The Morgan fingerprint density at radius 1 is 0.824 bits per heavy atom. The molecule has 88 valence electrons. The summed E-state index contributed by atoms with van der Waals surface area (Å²) in [6.45, 7) is 5.95. The van der Waals surface area contributed by atoms with Gasteiger partial charge in [0.2, 0.25) is 0 Å². The van der Waals surface area contributed by atoms with Gasteiger partial charge in [-0.1, -0.05) is 18.2 Å². The SMILES string of the molecule is Cc1cccc(-c2cc(O)cc(O)c2C)c1C. The van der Waals surface area contributed by atoms with E-state index in [-0.39, 0.29) is 11.5 Å². The third-order valence-electron chi connectivity index (χ3n) is 3.26. The number of phenols is 2. The second-order valence-corrected chi connectivity index (χ2v) is 4.38. The zero-order valence-corrected chi connectivity index (χ0v) is 10.3. The van der Waals surface area contributed by atoms with Gasteiger partial charge in [0, 0.05) is 6.07 Å². The molecule has 0 aromatic heterocycles. The van der Waals surface area contributed by atoms with Crippen molar-refractivity contribution in [3.05, 3.63) is 47.0 Å². The molecule has 17 heavy (non-hydrogen) atoms. The van der Waals surface area contributed by atoms with Crippen LogP contribution in [0.15, 0.2) is 30.3 Å². The largest absolute Gasteiger partial charge is 0.508 e. The van der Waals surface area contributed by atoms with E-state index in [0.717, 1.165) is 16.7 Å². The monoisotopic (exact) mass is 228 g/mol. The van der Waals surface area contributed by atoms with Gasteiger partial charge in [0.1, 0.15) is 11.5 Å². The van der Waals surface area contributed by atoms with E-state index in [1.54, 1.807) is 6.07 Å². The maximum absolute atomic E-state index is 9.74. The molecule has 0 heterocycles. The summed E-state index contributed by atoms with van der Waals surface area (Å²) in [6, 6.07) is 9.10. The lowest BCUT2D eigenvalue weighted by Crippen LogP contribution is -1.90. The van der Waals surface area contributed by atoms with Crippen LogP contribution in [-0.2, 0) is 0 Å². The average molecular weight is 228 g/mol. The molecule has 0 unspecified atom stereocenters. The van der Waals surface area contributed by atoms with E-state index < -0.39 is 0 Å². The number of phenolic OH excluding ortho intramolecular Hbond substituents is 2. The Morgan fingerprint density at radius 2 is 1.53 bits per heavy atom. The summed E-state index contributed by atoms with van der Waals surface area (Å²) in [5.74, 6) is 0.213. The van der Waals surface area contributed by atoms with Crippen molar-refractivity contribution in [3.63, 3.8) is 0 Å². The highest BCUT2D eigenvalue weighted by molar-refractivity contribution is 5.74. The van der Waals surface area contributed by atoms with Gasteiger partial charge in [0.15, 0.2) is 0 Å². The molecule has 2 aromatic rings. The summed E-state index contributed by atoms with van der Waals surface area (Å²) >= 11 is 0. The molecule has 0 saturated carbocycles. The summed E-state index contributed by atoms with van der Waals surface area (Å²) in [6.07, 6.45) is 0. The van der Waals surface area contributed by atoms with E-state index >= 15 is 0 Å². The highest BCUT2D eigenvalue weighted by Gasteiger charge is 2.10. The first-order chi connectivity index (χ1) is 8.00. The van der Waals surface area contributed by atoms with Gasteiger partial charge in [-0.3, -0.25) is 0 Å². The number of hydrogen-bond acceptors (Lipinski definition) is 2. The highest BCUT2D eigenvalue weighted by atomic mass is 16.3. The fourth-order valence-electron chi connectivity index (χ4n) is 2.01. The van der Waals surface area contributed by atoms with Crippen molar-refractivity contribution in [2.75, 3.05) is 0 Å². The van der Waals surface area contributed by atoms with E-state index in [0.29, 0.717) is 0 Å². The molecule has 0 radical (unpaired) electrons. The molecule has 2 heteroatoms. The molecule has 0 saturated heterocycles. The van der Waals surface area contributed by atoms with Crippen LogP contribution >= 0.6 is 0 Å². The van der Waals surface area contributed by atoms with Crippen LogP contribution < -0.4 is 0 Å². The van der Waals surface area contributed by atoms with E-state index in [1.807, 2.05) is 26.0 Å². The molecule has 2 N–H and O–H groups in total. The van der Waals surface area contributed by atoms with Crippen molar-refractivity contribution < 1.29 is 10.2 Å². The van der Waals surface area contributed by atoms with Crippen LogP contribution in [0.5, 0.6) is 11.5 Å². The molecule has 2 nitrogen and oxygen atoms in total. The molecular formula is C15H16O2. The van der Waals surface area contributed by atoms with Gasteiger partial charge in [-0.15, -0.1) is 0 Å². The zero-order valence-electron chi connectivity index (χ0n) is 10.3. The predicted molar refractivity (Wildman–Crippen MR) is 69.4 cm³/mol. The molecular weight excluding hydrogens is 212 g/mol. The lowest BCUT2D eigenvalue weighted by molar-refractivity contribution is 0.448. The first-order valence-electron chi connectivity index (χ1n) is 5.60. The van der Waals surface area contributed by atoms with Crippen LogP contribution in [0.3, 0.4) is 0 Å². The maximum atomic E-state index is 9.74. The van der Waals surface area contributed by atoms with Gasteiger partial charge in [0.05, 0.1) is 0 Å². The molecule has 2 aromatic carbocycles. The quantitative estimate of drug-likeness (QED) is 0.781. The van der Waals surface area contributed by atoms with Crippen molar-refractivity contribution in [3.8, 4) is 22.6 Å². The minimum atomic E-state index is 0.0870. The summed E-state index contributed by atoms with van der Waals surface area (Å²) in [5.41, 5.74) is 5.08. The highest BCUT2D eigenvalue weighted by Crippen LogP contribution is 2.35. The van der Waals surface area contributed by atoms with E-state index in [2.05, 4.69) is 13.0 Å². The molecule has 0 aliphatic heterocycles. The Morgan fingerprint density at radius 3 is 2.24 bits per heavy atom. The fourth-order valence-corrected chi connectivity index (χ4v) is 2.01. The standard InChI is InChI=1S/C15H16O2/c1-9-5-4-6-13(10(9)2)14-7-12(16)8-15(17)11(14)3/h4-8,16-17H,1-3H3. The summed E-state index contributed by atoms with van der Waals surface area (Å²) in [7, 11) is 0. The molecule has 0 amide bonds. The van der Waals surface area contributed by atoms with Gasteiger partial charge in [-0.2, -0.15) is 0 Å². The predicted octanol–water partition coefficient (Wildman–Crippen LogP) is 3.69. The third-order valence-corrected chi connectivity index (χ3v) is 3.26. The molecule has 0 aliphatic rings. The number of hydrogen-bond donors (Lipinski definition) is 2. The van der Waals surface area contributed by atoms with Gasteiger partial charge in [-0.05, 0) is 54.7 Å². The van der Waals surface area contributed by atoms with E-state index in [4.69, 9.17) is 0 Å². The van der Waals surface area contributed by atoms with Crippen LogP contribution in [0.25, 0.3) is 11.1 Å². The Bertz CT molecular complexity index is 571. The van der Waals surface area contributed by atoms with Crippen molar-refractivity contribution in [1.29, 1.82) is 0 Å². The van der Waals surface area contributed by atoms with Crippen LogP contribution in [0.4, 0.5) is 0 Å². The summed E-state index contributed by atoms with van der Waals surface area (Å²) in [5, 5.41) is 19.3. The smallest absolute Gasteiger partial charge is 0.122 e. The summed E-state index contributed by atoms with van der Waals surface area (Å²) in [4.78, 5) is 0. The maximum Gasteiger partial charge on any atom is 0.122 e. The Labute approximate surface area is 101 Å². The first kappa shape index (κ1) is 11.5. The third kappa shape index (κ3) is 1.98. The van der Waals surface area contributed by atoms with Crippen LogP contribution in [0.1, 0.15) is 16.7 Å². The Hall–Kier alpha value is -1.96. The molecule has 0 atom stereocenters. The minimum absolute atomic E-state index is 0.0870. The van der Waals surface area contributed by atoms with Gasteiger partial charge >= 0.3 is 0 Å². The molecule has 0 spiro atoms. The lowest BCUT2D eigenvalue weighted by atomic mass is 9.93. The van der Waals surface area contributed by atoms with Crippen LogP contribution in [-0.4, -0.2) is 10.2 Å². The van der Waals surface area contributed by atoms with Crippen molar-refractivity contribution in [2.45, 2.75) is 20.8 Å². The molecule has 2 rings (SSSR count). The van der Waals surface area contributed by atoms with Gasteiger partial charge < -0.3 is 10.2 Å². The molecule has 0 aliphatic carbocycles. The average Bonchev–Trinajstić information content (AvgIpc) is 2.27. The normalized spacial score (nSPS) is 10.5. The van der Waals surface area contributed by atoms with Crippen molar-refractivity contribution >= 4 is 0 Å². The van der Waals surface area contributed by atoms with Crippen molar-refractivity contribution in [1.82, 2.24) is 0 Å². The number of aryl methyl sites for hydroxylation is 1. The number of rotatable bonds is 1. The lowest BCUT2D eigenvalue weighted by Gasteiger charge is -2.13. The van der Waals surface area contributed by atoms with Gasteiger partial charge in [-0.25, -0.2) is 0 Å². The topological polar surface area (TPSA) is 40.5 Å². The Balaban J connectivity index is 2.73. The van der Waals surface area contributed by atoms with E-state index in [9.17, 15) is 10.2 Å². The first-order valence-corrected chi connectivity index (χ1v) is 5.60. The van der Waals surface area contributed by atoms with Crippen LogP contribution in [0, 0.1) is 20.8 Å². The van der Waals surface area contributed by atoms with E-state index in [1.165, 1.54) is 17.2 Å². The number of benzene rings is 2. The zero-order chi connectivity index (χ0) is 12.6. The minimum Gasteiger partial charge on any atom is -0.508 e. The number of aromatic hydroxyl groups is 2. The van der Waals surface area contributed by atoms with Crippen molar-refractivity contribution in [2.24, 2.45) is 0 Å². The second-order valence-electron chi connectivity index (χ2n) is 4.38. The fraction of sp³-hybridized carbons (Fsp3) is 0.200.